The Labute approximate surface area is 185 Å². The van der Waals surface area contributed by atoms with Crippen molar-refractivity contribution in [2.45, 2.75) is 39.2 Å². The predicted molar refractivity (Wildman–Crippen MR) is 111 cm³/mol. The Hall–Kier alpha value is -3.83. The van der Waals surface area contributed by atoms with Crippen LogP contribution in [0, 0.1) is 17.7 Å². The normalized spacial score (nSPS) is 20.1. The Bertz CT molecular complexity index is 1300. The lowest BCUT2D eigenvalue weighted by Crippen LogP contribution is -2.49. The number of carbonyl (C=O) groups is 3. The van der Waals surface area contributed by atoms with Crippen molar-refractivity contribution in [3.05, 3.63) is 55.5 Å². The van der Waals surface area contributed by atoms with E-state index in [9.17, 15) is 33.2 Å². The number of H-pyrrole nitrogens is 1. The largest absolute Gasteiger partial charge is 0.465 e. The fourth-order valence-corrected chi connectivity index (χ4v) is 4.42. The number of ether oxygens (including phenoxy) is 1. The molecular weight excluding hydrogens is 439 g/mol. The van der Waals surface area contributed by atoms with Crippen LogP contribution in [0.4, 0.5) is 10.1 Å². The van der Waals surface area contributed by atoms with E-state index >= 15 is 0 Å². The highest BCUT2D eigenvalue weighted by Gasteiger charge is 2.49. The number of rotatable bonds is 5. The summed E-state index contributed by atoms with van der Waals surface area (Å²) in [6.07, 6.45) is 2.66. The van der Waals surface area contributed by atoms with E-state index in [0.29, 0.717) is 22.0 Å². The molecule has 2 heterocycles. The number of carbonyl (C=O) groups excluding carboxylic acids is 3. The van der Waals surface area contributed by atoms with Gasteiger partial charge in [-0.2, -0.15) is 0 Å². The van der Waals surface area contributed by atoms with Crippen LogP contribution in [0.3, 0.4) is 0 Å². The van der Waals surface area contributed by atoms with E-state index in [2.05, 4.69) is 0 Å². The molecule has 1 saturated heterocycles. The van der Waals surface area contributed by atoms with Crippen molar-refractivity contribution in [2.24, 2.45) is 11.8 Å². The highest BCUT2D eigenvalue weighted by atomic mass is 19.1. The van der Waals surface area contributed by atoms with Gasteiger partial charge in [0.05, 0.1) is 29.8 Å². The van der Waals surface area contributed by atoms with Crippen LogP contribution < -0.4 is 22.0 Å². The Morgan fingerprint density at radius 1 is 1.06 bits per heavy atom. The van der Waals surface area contributed by atoms with Crippen LogP contribution in [0.15, 0.2) is 32.6 Å². The Morgan fingerprint density at radius 3 is 2.30 bits per heavy atom. The molecule has 0 spiro atoms. The van der Waals surface area contributed by atoms with Crippen molar-refractivity contribution in [3.8, 4) is 5.69 Å². The Balaban J connectivity index is 1.80. The SMILES string of the molecule is CCOC(=O)Cn1c(=O)[nH]c(=O)n(-c2ccc(F)c(N3C(=O)C4CCCCC4C3=O)c2)c1=O. The van der Waals surface area contributed by atoms with E-state index in [1.54, 1.807) is 6.92 Å². The Morgan fingerprint density at radius 2 is 1.70 bits per heavy atom. The van der Waals surface area contributed by atoms with Crippen molar-refractivity contribution in [3.63, 3.8) is 0 Å². The first kappa shape index (κ1) is 22.4. The van der Waals surface area contributed by atoms with Gasteiger partial charge in [0.25, 0.3) is 0 Å². The number of hydrogen-bond donors (Lipinski definition) is 1. The van der Waals surface area contributed by atoms with Gasteiger partial charge in [0, 0.05) is 0 Å². The van der Waals surface area contributed by atoms with Gasteiger partial charge in [0.15, 0.2) is 0 Å². The molecule has 1 aliphatic carbocycles. The van der Waals surface area contributed by atoms with Crippen LogP contribution in [0.1, 0.15) is 32.6 Å². The zero-order chi connectivity index (χ0) is 23.9. The first-order valence-electron chi connectivity index (χ1n) is 10.5. The average Bonchev–Trinajstić information content (AvgIpc) is 3.03. The van der Waals surface area contributed by atoms with E-state index in [1.807, 2.05) is 4.98 Å². The highest BCUT2D eigenvalue weighted by molar-refractivity contribution is 6.22. The second-order valence-corrected chi connectivity index (χ2v) is 7.89. The summed E-state index contributed by atoms with van der Waals surface area (Å²) in [5.41, 5.74) is -3.99. The van der Waals surface area contributed by atoms with Crippen LogP contribution in [0.2, 0.25) is 0 Å². The maximum Gasteiger partial charge on any atom is 0.341 e. The van der Waals surface area contributed by atoms with E-state index in [-0.39, 0.29) is 18.0 Å². The van der Waals surface area contributed by atoms with Crippen LogP contribution in [0.25, 0.3) is 5.69 Å². The molecule has 2 unspecified atom stereocenters. The second-order valence-electron chi connectivity index (χ2n) is 7.89. The number of hydrogen-bond acceptors (Lipinski definition) is 7. The number of esters is 1. The molecule has 1 aromatic carbocycles. The number of anilines is 1. The van der Waals surface area contributed by atoms with Gasteiger partial charge in [-0.05, 0) is 38.0 Å². The summed E-state index contributed by atoms with van der Waals surface area (Å²) in [7, 11) is 0. The minimum Gasteiger partial charge on any atom is -0.465 e. The fourth-order valence-electron chi connectivity index (χ4n) is 4.42. The zero-order valence-electron chi connectivity index (χ0n) is 17.7. The first-order chi connectivity index (χ1) is 15.7. The molecule has 1 aliphatic heterocycles. The summed E-state index contributed by atoms with van der Waals surface area (Å²) < 4.78 is 20.4. The number of nitrogens with one attached hydrogen (secondary N) is 1. The van der Waals surface area contributed by atoms with Gasteiger partial charge < -0.3 is 4.74 Å². The molecule has 0 bridgehead atoms. The number of nitrogens with zero attached hydrogens (tertiary/aromatic N) is 3. The number of imide groups is 1. The van der Waals surface area contributed by atoms with Gasteiger partial charge in [0.2, 0.25) is 11.8 Å². The standard InChI is InChI=1S/C21H21FN4O7/c1-2-33-16(27)10-24-19(30)23-20(31)25(21(24)32)11-7-8-14(22)15(9-11)26-17(28)12-5-3-4-6-13(12)18(26)29/h7-9,12-13H,2-6,10H2,1H3,(H,23,30,31). The molecule has 4 rings (SSSR count). The molecule has 2 atom stereocenters. The van der Waals surface area contributed by atoms with Crippen LogP contribution in [0.5, 0.6) is 0 Å². The lowest BCUT2D eigenvalue weighted by Gasteiger charge is -2.19. The minimum atomic E-state index is -1.16. The maximum absolute atomic E-state index is 14.7. The van der Waals surface area contributed by atoms with Crippen LogP contribution >= 0.6 is 0 Å². The van der Waals surface area contributed by atoms with Crippen molar-refractivity contribution >= 4 is 23.5 Å². The van der Waals surface area contributed by atoms with Crippen molar-refractivity contribution in [1.82, 2.24) is 14.1 Å². The third kappa shape index (κ3) is 3.81. The predicted octanol–water partition coefficient (Wildman–Crippen LogP) is 0.0693. The number of halogens is 1. The second kappa shape index (κ2) is 8.60. The maximum atomic E-state index is 14.7. The topological polar surface area (TPSA) is 141 Å². The molecule has 1 N–H and O–H groups in total. The van der Waals surface area contributed by atoms with E-state index < -0.39 is 59.1 Å². The molecule has 2 fully saturated rings. The zero-order valence-corrected chi connectivity index (χ0v) is 17.7. The van der Waals surface area contributed by atoms with Gasteiger partial charge >= 0.3 is 23.0 Å². The molecule has 12 heteroatoms. The molecule has 0 radical (unpaired) electrons. The third-order valence-electron chi connectivity index (χ3n) is 5.95. The van der Waals surface area contributed by atoms with E-state index in [4.69, 9.17) is 4.74 Å². The van der Waals surface area contributed by atoms with Gasteiger partial charge in [-0.3, -0.25) is 19.4 Å². The molecular formula is C21H21FN4O7. The van der Waals surface area contributed by atoms with Crippen molar-refractivity contribution in [2.75, 3.05) is 11.5 Å². The lowest BCUT2D eigenvalue weighted by molar-refractivity contribution is -0.144. The first-order valence-corrected chi connectivity index (χ1v) is 10.5. The minimum absolute atomic E-state index is 0.0202. The Kier molecular flexibility index (Phi) is 5.83. The molecule has 2 aromatic rings. The molecule has 2 aliphatic rings. The summed E-state index contributed by atoms with van der Waals surface area (Å²) in [6, 6.07) is 3.03. The third-order valence-corrected chi connectivity index (χ3v) is 5.95. The quantitative estimate of drug-likeness (QED) is 0.492. The summed E-state index contributed by atoms with van der Waals surface area (Å²) in [5.74, 6) is -3.84. The molecule has 1 saturated carbocycles. The fraction of sp³-hybridized carbons (Fsp3) is 0.429. The van der Waals surface area contributed by atoms with Gasteiger partial charge in [0.1, 0.15) is 12.4 Å². The summed E-state index contributed by atoms with van der Waals surface area (Å²) in [5, 5.41) is 0. The molecule has 174 valence electrons. The number of aromatic nitrogens is 3. The van der Waals surface area contributed by atoms with E-state index in [0.717, 1.165) is 35.9 Å². The van der Waals surface area contributed by atoms with Gasteiger partial charge in [-0.25, -0.2) is 32.8 Å². The lowest BCUT2D eigenvalue weighted by atomic mass is 9.81. The summed E-state index contributed by atoms with van der Waals surface area (Å²) in [4.78, 5) is 77.5. The van der Waals surface area contributed by atoms with Crippen molar-refractivity contribution < 1.29 is 23.5 Å². The molecule has 1 aromatic heterocycles. The molecule has 2 amide bonds. The smallest absolute Gasteiger partial charge is 0.341 e. The number of amides is 2. The number of aromatic amines is 1. The monoisotopic (exact) mass is 460 g/mol. The highest BCUT2D eigenvalue weighted by Crippen LogP contribution is 2.40. The summed E-state index contributed by atoms with van der Waals surface area (Å²) in [6.45, 7) is 0.818. The van der Waals surface area contributed by atoms with Gasteiger partial charge in [-0.15, -0.1) is 0 Å². The molecule has 11 nitrogen and oxygen atoms in total. The molecule has 33 heavy (non-hydrogen) atoms. The van der Waals surface area contributed by atoms with E-state index in [1.165, 1.54) is 0 Å². The van der Waals surface area contributed by atoms with Gasteiger partial charge in [-0.1, -0.05) is 12.8 Å². The summed E-state index contributed by atoms with van der Waals surface area (Å²) >= 11 is 0. The number of fused-ring (bicyclic) bond motifs is 1. The van der Waals surface area contributed by atoms with Crippen molar-refractivity contribution in [1.29, 1.82) is 0 Å². The van der Waals surface area contributed by atoms with Crippen LogP contribution in [-0.2, 0) is 25.7 Å². The average molecular weight is 460 g/mol. The number of benzene rings is 1. The van der Waals surface area contributed by atoms with Crippen LogP contribution in [-0.4, -0.2) is 38.5 Å².